The van der Waals surface area contributed by atoms with E-state index in [1.165, 1.54) is 6.07 Å². The third-order valence-corrected chi connectivity index (χ3v) is 1.69. The summed E-state index contributed by atoms with van der Waals surface area (Å²) in [7, 11) is 0. The number of hydrogen-bond acceptors (Lipinski definition) is 2. The highest BCUT2D eigenvalue weighted by Crippen LogP contribution is 2.21. The molecule has 0 saturated heterocycles. The highest BCUT2D eigenvalue weighted by atomic mass is 35.5. The van der Waals surface area contributed by atoms with Gasteiger partial charge in [-0.3, -0.25) is 0 Å². The molecule has 0 radical (unpaired) electrons. The molecule has 0 bridgehead atoms. The monoisotopic (exact) mass is 175 g/mol. The molecule has 1 aromatic rings. The van der Waals surface area contributed by atoms with E-state index in [0.29, 0.717) is 5.56 Å². The first-order valence-corrected chi connectivity index (χ1v) is 3.37. The molecule has 11 heavy (non-hydrogen) atoms. The van der Waals surface area contributed by atoms with Crippen LogP contribution in [0.15, 0.2) is 12.1 Å². The van der Waals surface area contributed by atoms with Crippen LogP contribution in [0.2, 0.25) is 5.02 Å². The largest absolute Gasteiger partial charge is 0.396 e. The van der Waals surface area contributed by atoms with E-state index in [-0.39, 0.29) is 17.3 Å². The normalized spacial score (nSPS) is 10.1. The number of aliphatic hydroxyl groups excluding tert-OH is 1. The second kappa shape index (κ2) is 3.07. The van der Waals surface area contributed by atoms with Crippen LogP contribution in [-0.4, -0.2) is 5.11 Å². The summed E-state index contributed by atoms with van der Waals surface area (Å²) >= 11 is 5.55. The molecule has 0 atom stereocenters. The Morgan fingerprint density at radius 2 is 2.18 bits per heavy atom. The molecule has 1 rings (SSSR count). The van der Waals surface area contributed by atoms with Gasteiger partial charge in [0.1, 0.15) is 5.82 Å². The molecule has 60 valence electrons. The number of nitrogen functional groups attached to an aromatic ring is 1. The van der Waals surface area contributed by atoms with Gasteiger partial charge in [-0.15, -0.1) is 0 Å². The number of aliphatic hydroxyl groups is 1. The van der Waals surface area contributed by atoms with Gasteiger partial charge in [-0.2, -0.15) is 0 Å². The maximum absolute atomic E-state index is 12.6. The first-order chi connectivity index (χ1) is 5.15. The van der Waals surface area contributed by atoms with Gasteiger partial charge < -0.3 is 10.8 Å². The summed E-state index contributed by atoms with van der Waals surface area (Å²) in [5.74, 6) is -0.563. The molecule has 0 saturated carbocycles. The molecule has 4 heteroatoms. The number of rotatable bonds is 1. The second-order valence-electron chi connectivity index (χ2n) is 2.12. The molecule has 0 fully saturated rings. The van der Waals surface area contributed by atoms with Crippen molar-refractivity contribution in [2.45, 2.75) is 6.61 Å². The zero-order valence-corrected chi connectivity index (χ0v) is 6.40. The second-order valence-corrected chi connectivity index (χ2v) is 2.53. The van der Waals surface area contributed by atoms with Crippen molar-refractivity contribution >= 4 is 17.3 Å². The van der Waals surface area contributed by atoms with Gasteiger partial charge in [0.2, 0.25) is 0 Å². The summed E-state index contributed by atoms with van der Waals surface area (Å²) in [4.78, 5) is 0. The topological polar surface area (TPSA) is 46.2 Å². The lowest BCUT2D eigenvalue weighted by atomic mass is 10.2. The molecule has 0 spiro atoms. The van der Waals surface area contributed by atoms with Crippen molar-refractivity contribution in [2.75, 3.05) is 5.73 Å². The molecule has 0 aliphatic heterocycles. The molecule has 1 aromatic carbocycles. The van der Waals surface area contributed by atoms with Crippen LogP contribution in [0.4, 0.5) is 10.1 Å². The van der Waals surface area contributed by atoms with E-state index in [9.17, 15) is 4.39 Å². The van der Waals surface area contributed by atoms with Crippen LogP contribution >= 0.6 is 11.6 Å². The molecular weight excluding hydrogens is 169 g/mol. The number of benzene rings is 1. The average Bonchev–Trinajstić information content (AvgIpc) is 1.97. The fourth-order valence-electron chi connectivity index (χ4n) is 0.734. The quantitative estimate of drug-likeness (QED) is 0.637. The van der Waals surface area contributed by atoms with E-state index in [1.807, 2.05) is 0 Å². The van der Waals surface area contributed by atoms with Crippen molar-refractivity contribution < 1.29 is 9.50 Å². The van der Waals surface area contributed by atoms with Crippen LogP contribution in [0.1, 0.15) is 5.56 Å². The summed E-state index contributed by atoms with van der Waals surface area (Å²) < 4.78 is 12.6. The van der Waals surface area contributed by atoms with E-state index in [2.05, 4.69) is 0 Å². The zero-order chi connectivity index (χ0) is 8.43. The van der Waals surface area contributed by atoms with E-state index in [1.54, 1.807) is 0 Å². The highest BCUT2D eigenvalue weighted by molar-refractivity contribution is 6.31. The zero-order valence-electron chi connectivity index (χ0n) is 5.64. The van der Waals surface area contributed by atoms with Gasteiger partial charge in [-0.25, -0.2) is 4.39 Å². The fourth-order valence-corrected chi connectivity index (χ4v) is 0.944. The van der Waals surface area contributed by atoms with Crippen molar-refractivity contribution in [1.29, 1.82) is 0 Å². The van der Waals surface area contributed by atoms with Crippen LogP contribution in [0.5, 0.6) is 0 Å². The van der Waals surface area contributed by atoms with Gasteiger partial charge in [0.15, 0.2) is 0 Å². The van der Waals surface area contributed by atoms with Gasteiger partial charge >= 0.3 is 0 Å². The maximum Gasteiger partial charge on any atom is 0.147 e. The standard InChI is InChI=1S/C7H7ClFNO/c8-5-2-6(9)7(10)1-4(5)3-11/h1-2,11H,3,10H2. The molecule has 0 aliphatic carbocycles. The predicted molar refractivity (Wildman–Crippen MR) is 41.7 cm³/mol. The Balaban J connectivity index is 3.21. The first kappa shape index (κ1) is 8.30. The van der Waals surface area contributed by atoms with Crippen LogP contribution in [0, 0.1) is 5.82 Å². The summed E-state index contributed by atoms with van der Waals surface area (Å²) in [6.45, 7) is -0.233. The lowest BCUT2D eigenvalue weighted by molar-refractivity contribution is 0.282. The number of halogens is 2. The minimum atomic E-state index is -0.563. The van der Waals surface area contributed by atoms with Crippen molar-refractivity contribution in [3.63, 3.8) is 0 Å². The van der Waals surface area contributed by atoms with Gasteiger partial charge in [0, 0.05) is 5.02 Å². The smallest absolute Gasteiger partial charge is 0.147 e. The minimum Gasteiger partial charge on any atom is -0.396 e. The number of anilines is 1. The summed E-state index contributed by atoms with van der Waals surface area (Å²) in [6, 6.07) is 2.40. The summed E-state index contributed by atoms with van der Waals surface area (Å²) in [6.07, 6.45) is 0. The highest BCUT2D eigenvalue weighted by Gasteiger charge is 2.04. The Bertz CT molecular complexity index is 277. The van der Waals surface area contributed by atoms with E-state index in [4.69, 9.17) is 22.4 Å². The fraction of sp³-hybridized carbons (Fsp3) is 0.143. The van der Waals surface area contributed by atoms with E-state index >= 15 is 0 Å². The summed E-state index contributed by atoms with van der Waals surface area (Å²) in [5.41, 5.74) is 5.65. The third kappa shape index (κ3) is 1.61. The molecular formula is C7H7ClFNO. The Kier molecular flexibility index (Phi) is 2.31. The molecule has 2 nitrogen and oxygen atoms in total. The molecule has 0 aromatic heterocycles. The third-order valence-electron chi connectivity index (χ3n) is 1.34. The molecule has 0 aliphatic rings. The molecule has 3 N–H and O–H groups in total. The van der Waals surface area contributed by atoms with E-state index in [0.717, 1.165) is 6.07 Å². The summed E-state index contributed by atoms with van der Waals surface area (Å²) in [5, 5.41) is 8.87. The molecule has 0 unspecified atom stereocenters. The van der Waals surface area contributed by atoms with Gasteiger partial charge in [-0.05, 0) is 17.7 Å². The van der Waals surface area contributed by atoms with Gasteiger partial charge in [-0.1, -0.05) is 11.6 Å². The number of hydrogen-bond donors (Lipinski definition) is 2. The Labute approximate surface area is 68.4 Å². The van der Waals surface area contributed by atoms with Crippen LogP contribution in [0.25, 0.3) is 0 Å². The molecule has 0 amide bonds. The van der Waals surface area contributed by atoms with Crippen LogP contribution in [-0.2, 0) is 6.61 Å². The van der Waals surface area contributed by atoms with Crippen molar-refractivity contribution in [2.24, 2.45) is 0 Å². The van der Waals surface area contributed by atoms with Gasteiger partial charge in [0.25, 0.3) is 0 Å². The average molecular weight is 176 g/mol. The lowest BCUT2D eigenvalue weighted by Gasteiger charge is -2.02. The van der Waals surface area contributed by atoms with Crippen molar-refractivity contribution in [1.82, 2.24) is 0 Å². The van der Waals surface area contributed by atoms with Crippen molar-refractivity contribution in [3.8, 4) is 0 Å². The number of nitrogens with two attached hydrogens (primary N) is 1. The predicted octanol–water partition coefficient (Wildman–Crippen LogP) is 1.55. The maximum atomic E-state index is 12.6. The SMILES string of the molecule is Nc1cc(CO)c(Cl)cc1F. The Morgan fingerprint density at radius 1 is 1.55 bits per heavy atom. The Hall–Kier alpha value is -0.800. The van der Waals surface area contributed by atoms with E-state index < -0.39 is 5.82 Å². The first-order valence-electron chi connectivity index (χ1n) is 2.99. The van der Waals surface area contributed by atoms with Crippen molar-refractivity contribution in [3.05, 3.63) is 28.5 Å². The molecule has 0 heterocycles. The van der Waals surface area contributed by atoms with Crippen LogP contribution in [0.3, 0.4) is 0 Å². The Morgan fingerprint density at radius 3 is 2.73 bits per heavy atom. The lowest BCUT2D eigenvalue weighted by Crippen LogP contribution is -1.94. The van der Waals surface area contributed by atoms with Crippen LogP contribution < -0.4 is 5.73 Å². The van der Waals surface area contributed by atoms with Gasteiger partial charge in [0.05, 0.1) is 12.3 Å². The minimum absolute atomic E-state index is 0.00144.